The molecule has 0 aliphatic carbocycles. The van der Waals surface area contributed by atoms with Crippen molar-refractivity contribution in [3.8, 4) is 5.75 Å². The second-order valence-corrected chi connectivity index (χ2v) is 8.87. The first-order valence-electron chi connectivity index (χ1n) is 11.1. The van der Waals surface area contributed by atoms with Gasteiger partial charge in [0.05, 0.1) is 6.54 Å². The average molecular weight is 492 g/mol. The maximum Gasteiger partial charge on any atom is 0.336 e. The largest absolute Gasteiger partial charge is 0.489 e. The summed E-state index contributed by atoms with van der Waals surface area (Å²) in [5.74, 6) is 0.359. The number of amides is 3. The van der Waals surface area contributed by atoms with Gasteiger partial charge in [0.1, 0.15) is 17.9 Å². The molecule has 0 spiro atoms. The number of hydrogen-bond donors (Lipinski definition) is 3. The van der Waals surface area contributed by atoms with Gasteiger partial charge in [0.2, 0.25) is 0 Å². The number of hydrogen-bond acceptors (Lipinski definition) is 6. The average Bonchev–Trinajstić information content (AvgIpc) is 3.38. The molecule has 4 aromatic rings. The molecule has 0 aliphatic heterocycles. The highest BCUT2D eigenvalue weighted by atomic mass is 32.1. The molecular formula is C26H25N3O5S. The van der Waals surface area contributed by atoms with Crippen molar-refractivity contribution in [3.05, 3.63) is 98.0 Å². The molecule has 4 rings (SSSR count). The van der Waals surface area contributed by atoms with E-state index in [0.29, 0.717) is 43.1 Å². The minimum absolute atomic E-state index is 0.224. The van der Waals surface area contributed by atoms with Crippen LogP contribution in [0.3, 0.4) is 0 Å². The van der Waals surface area contributed by atoms with Gasteiger partial charge in [-0.25, -0.2) is 9.59 Å². The van der Waals surface area contributed by atoms with E-state index < -0.39 is 5.63 Å². The predicted molar refractivity (Wildman–Crippen MR) is 135 cm³/mol. The van der Waals surface area contributed by atoms with Crippen molar-refractivity contribution in [3.63, 3.8) is 0 Å². The fraction of sp³-hybridized carbons (Fsp3) is 0.192. The second kappa shape index (κ2) is 11.3. The van der Waals surface area contributed by atoms with Gasteiger partial charge in [-0.2, -0.15) is 0 Å². The molecule has 2 aromatic heterocycles. The fourth-order valence-electron chi connectivity index (χ4n) is 3.41. The van der Waals surface area contributed by atoms with Gasteiger partial charge < -0.3 is 25.1 Å². The Labute approximate surface area is 205 Å². The summed E-state index contributed by atoms with van der Waals surface area (Å²) in [6.07, 6.45) is 0. The second-order valence-electron chi connectivity index (χ2n) is 7.84. The summed E-state index contributed by atoms with van der Waals surface area (Å²) in [4.78, 5) is 36.8. The zero-order valence-electron chi connectivity index (χ0n) is 19.1. The molecule has 0 radical (unpaired) electrons. The van der Waals surface area contributed by atoms with E-state index >= 15 is 0 Å². The van der Waals surface area contributed by atoms with Crippen LogP contribution in [0.2, 0.25) is 0 Å². The van der Waals surface area contributed by atoms with Crippen LogP contribution < -0.4 is 26.3 Å². The Kier molecular flexibility index (Phi) is 7.79. The third-order valence-corrected chi connectivity index (χ3v) is 6.12. The highest BCUT2D eigenvalue weighted by Crippen LogP contribution is 2.23. The molecule has 35 heavy (non-hydrogen) atoms. The lowest BCUT2D eigenvalue weighted by molar-refractivity contribution is 0.0953. The molecule has 0 fully saturated rings. The summed E-state index contributed by atoms with van der Waals surface area (Å²) in [7, 11) is 0. The Bertz CT molecular complexity index is 1360. The molecule has 0 unspecified atom stereocenters. The van der Waals surface area contributed by atoms with E-state index in [2.05, 4.69) is 16.0 Å². The van der Waals surface area contributed by atoms with E-state index in [4.69, 9.17) is 9.15 Å². The number of ether oxygens (including phenoxy) is 1. The molecular weight excluding hydrogens is 466 g/mol. The first kappa shape index (κ1) is 24.0. The van der Waals surface area contributed by atoms with E-state index in [1.165, 1.54) is 6.07 Å². The van der Waals surface area contributed by atoms with Gasteiger partial charge in [0, 0.05) is 41.0 Å². The lowest BCUT2D eigenvalue weighted by atomic mass is 10.1. The van der Waals surface area contributed by atoms with Crippen molar-refractivity contribution in [1.29, 1.82) is 0 Å². The van der Waals surface area contributed by atoms with Crippen LogP contribution in [0.4, 0.5) is 4.79 Å². The molecule has 9 heteroatoms. The molecule has 0 saturated heterocycles. The van der Waals surface area contributed by atoms with Gasteiger partial charge in [0.15, 0.2) is 0 Å². The van der Waals surface area contributed by atoms with Crippen LogP contribution in [-0.4, -0.2) is 25.0 Å². The van der Waals surface area contributed by atoms with Gasteiger partial charge in [-0.05, 0) is 53.8 Å². The zero-order valence-corrected chi connectivity index (χ0v) is 19.9. The lowest BCUT2D eigenvalue weighted by Gasteiger charge is -2.10. The van der Waals surface area contributed by atoms with Crippen molar-refractivity contribution in [2.75, 3.05) is 13.1 Å². The number of urea groups is 1. The van der Waals surface area contributed by atoms with Crippen LogP contribution in [0.15, 0.2) is 75.3 Å². The number of aryl methyl sites for hydroxylation is 1. The lowest BCUT2D eigenvalue weighted by Crippen LogP contribution is -2.39. The number of carbonyl (C=O) groups excluding carboxylic acids is 2. The Morgan fingerprint density at radius 1 is 0.971 bits per heavy atom. The van der Waals surface area contributed by atoms with Crippen LogP contribution >= 0.6 is 11.3 Å². The summed E-state index contributed by atoms with van der Waals surface area (Å²) in [5.41, 5.74) is 2.34. The monoisotopic (exact) mass is 491 g/mol. The predicted octanol–water partition coefficient (Wildman–Crippen LogP) is 3.97. The highest BCUT2D eigenvalue weighted by molar-refractivity contribution is 7.09. The maximum absolute atomic E-state index is 12.3. The number of fused-ring (bicyclic) bond motifs is 1. The minimum Gasteiger partial charge on any atom is -0.489 e. The number of thiophene rings is 1. The van der Waals surface area contributed by atoms with Crippen molar-refractivity contribution in [1.82, 2.24) is 16.0 Å². The number of benzene rings is 2. The molecule has 3 N–H and O–H groups in total. The normalized spacial score (nSPS) is 10.7. The van der Waals surface area contributed by atoms with Crippen molar-refractivity contribution < 1.29 is 18.7 Å². The number of nitrogens with one attached hydrogen (secondary N) is 3. The van der Waals surface area contributed by atoms with Gasteiger partial charge in [-0.3, -0.25) is 4.79 Å². The Balaban J connectivity index is 1.20. The topological polar surface area (TPSA) is 110 Å². The molecule has 8 nitrogen and oxygen atoms in total. The van der Waals surface area contributed by atoms with E-state index in [9.17, 15) is 14.4 Å². The molecule has 3 amide bonds. The molecule has 0 aliphatic rings. The van der Waals surface area contributed by atoms with Crippen molar-refractivity contribution >= 4 is 34.2 Å². The third-order valence-electron chi connectivity index (χ3n) is 5.24. The Hall–Kier alpha value is -4.11. The quantitative estimate of drug-likeness (QED) is 0.242. The number of rotatable bonds is 9. The van der Waals surface area contributed by atoms with Gasteiger partial charge in [0.25, 0.3) is 5.91 Å². The van der Waals surface area contributed by atoms with Crippen LogP contribution in [-0.2, 0) is 13.2 Å². The smallest absolute Gasteiger partial charge is 0.336 e. The van der Waals surface area contributed by atoms with Crippen LogP contribution in [0.1, 0.15) is 26.4 Å². The van der Waals surface area contributed by atoms with E-state index in [1.54, 1.807) is 29.5 Å². The van der Waals surface area contributed by atoms with Gasteiger partial charge in [-0.1, -0.05) is 18.2 Å². The van der Waals surface area contributed by atoms with Gasteiger partial charge >= 0.3 is 11.7 Å². The summed E-state index contributed by atoms with van der Waals surface area (Å²) >= 11 is 1.58. The fourth-order valence-corrected chi connectivity index (χ4v) is 4.06. The molecule has 2 aromatic carbocycles. The molecule has 0 bridgehead atoms. The van der Waals surface area contributed by atoms with Crippen LogP contribution in [0.25, 0.3) is 11.0 Å². The number of carbonyl (C=O) groups is 2. The summed E-state index contributed by atoms with van der Waals surface area (Å²) < 4.78 is 11.1. The summed E-state index contributed by atoms with van der Waals surface area (Å²) in [5, 5.41) is 11.1. The first-order valence-corrected chi connectivity index (χ1v) is 11.9. The zero-order chi connectivity index (χ0) is 24.6. The third kappa shape index (κ3) is 6.70. The van der Waals surface area contributed by atoms with Crippen LogP contribution in [0, 0.1) is 6.92 Å². The standard InChI is InChI=1S/C26H25N3O5S/c1-17-13-24(30)34-23-14-20(8-9-22(17)23)33-16-18-4-6-19(7-5-18)25(31)27-10-11-28-26(32)29-15-21-3-2-12-35-21/h2-9,12-14H,10-11,15-16H2,1H3,(H,27,31)(H2,28,29,32). The van der Waals surface area contributed by atoms with Crippen molar-refractivity contribution in [2.45, 2.75) is 20.1 Å². The van der Waals surface area contributed by atoms with E-state index in [0.717, 1.165) is 21.4 Å². The highest BCUT2D eigenvalue weighted by Gasteiger charge is 2.07. The molecule has 180 valence electrons. The van der Waals surface area contributed by atoms with Crippen molar-refractivity contribution in [2.24, 2.45) is 0 Å². The maximum atomic E-state index is 12.3. The van der Waals surface area contributed by atoms with E-state index in [-0.39, 0.29) is 11.9 Å². The summed E-state index contributed by atoms with van der Waals surface area (Å²) in [6.45, 7) is 3.27. The molecule has 2 heterocycles. The van der Waals surface area contributed by atoms with E-state index in [1.807, 2.05) is 48.7 Å². The summed E-state index contributed by atoms with van der Waals surface area (Å²) in [6, 6.07) is 17.5. The minimum atomic E-state index is -0.394. The first-order chi connectivity index (χ1) is 17.0. The van der Waals surface area contributed by atoms with Crippen LogP contribution in [0.5, 0.6) is 5.75 Å². The SMILES string of the molecule is Cc1cc(=O)oc2cc(OCc3ccc(C(=O)NCCNC(=O)NCc4cccs4)cc3)ccc12. The van der Waals surface area contributed by atoms with Gasteiger partial charge in [-0.15, -0.1) is 11.3 Å². The molecule has 0 saturated carbocycles. The Morgan fingerprint density at radius 2 is 1.77 bits per heavy atom. The molecule has 0 atom stereocenters. The Morgan fingerprint density at radius 3 is 2.54 bits per heavy atom.